The van der Waals surface area contributed by atoms with Crippen LogP contribution in [0.25, 0.3) is 0 Å². The van der Waals surface area contributed by atoms with E-state index < -0.39 is 61.1 Å². The molecule has 1 aromatic heterocycles. The Bertz CT molecular complexity index is 1140. The minimum absolute atomic E-state index is 0.00949. The normalized spacial score (nSPS) is 32.0. The van der Waals surface area contributed by atoms with Crippen LogP contribution in [0.1, 0.15) is 11.8 Å². The quantitative estimate of drug-likeness (QED) is 0.517. The second-order valence-corrected chi connectivity index (χ2v) is 9.99. The summed E-state index contributed by atoms with van der Waals surface area (Å²) in [5.41, 5.74) is 1.85. The van der Waals surface area contributed by atoms with E-state index in [4.69, 9.17) is 35.8 Å². The third kappa shape index (κ3) is 3.92. The lowest BCUT2D eigenvalue weighted by atomic mass is 9.96. The van der Waals surface area contributed by atoms with Gasteiger partial charge in [0.1, 0.15) is 18.0 Å². The van der Waals surface area contributed by atoms with E-state index >= 15 is 0 Å². The number of alkyl halides is 2. The van der Waals surface area contributed by atoms with Gasteiger partial charge in [0, 0.05) is 17.4 Å². The van der Waals surface area contributed by atoms with Gasteiger partial charge in [0.25, 0.3) is 6.43 Å². The van der Waals surface area contributed by atoms with Gasteiger partial charge in [-0.05, 0) is 6.07 Å². The number of para-hydroxylation sites is 1. The molecule has 2 aliphatic rings. The zero-order valence-corrected chi connectivity index (χ0v) is 17.7. The number of halogens is 3. The molecule has 5 atom stereocenters. The number of nitrogens with two attached hydrogens (primary N) is 1. The monoisotopic (exact) mass is 495 g/mol. The van der Waals surface area contributed by atoms with Crippen molar-refractivity contribution in [1.29, 1.82) is 0 Å². The molecule has 3 heterocycles. The van der Waals surface area contributed by atoms with Crippen molar-refractivity contribution in [3.63, 3.8) is 0 Å². The first-order valence-electron chi connectivity index (χ1n) is 9.09. The number of hydrogen-bond donors (Lipinski definition) is 3. The van der Waals surface area contributed by atoms with Crippen molar-refractivity contribution in [3.05, 3.63) is 52.3 Å². The molecule has 0 amide bonds. The van der Waals surface area contributed by atoms with E-state index in [1.165, 1.54) is 0 Å². The number of fused-ring (bicyclic) bond motifs is 1. The van der Waals surface area contributed by atoms with Gasteiger partial charge in [0.15, 0.2) is 23.5 Å². The van der Waals surface area contributed by atoms with Gasteiger partial charge in [-0.3, -0.25) is 13.6 Å². The van der Waals surface area contributed by atoms with Crippen molar-refractivity contribution >= 4 is 24.3 Å². The van der Waals surface area contributed by atoms with Crippen molar-refractivity contribution < 1.29 is 41.7 Å². The molecule has 0 aliphatic carbocycles. The third-order valence-corrected chi connectivity index (χ3v) is 7.21. The maximum absolute atomic E-state index is 14.1. The van der Waals surface area contributed by atoms with Crippen LogP contribution in [0.5, 0.6) is 5.75 Å². The molecular formula is C17H17F3N3O7PS. The van der Waals surface area contributed by atoms with Crippen molar-refractivity contribution in [2.45, 2.75) is 37.1 Å². The van der Waals surface area contributed by atoms with Gasteiger partial charge in [-0.2, -0.15) is 4.98 Å². The van der Waals surface area contributed by atoms with Crippen LogP contribution in [0.2, 0.25) is 0 Å². The summed E-state index contributed by atoms with van der Waals surface area (Å²) in [7, 11) is 0. The summed E-state index contributed by atoms with van der Waals surface area (Å²) < 4.78 is 63.9. The van der Waals surface area contributed by atoms with Crippen molar-refractivity contribution in [3.8, 4) is 5.75 Å². The number of nitrogens with zero attached hydrogens (tertiary/aromatic N) is 2. The van der Waals surface area contributed by atoms with Gasteiger partial charge >= 0.3 is 12.4 Å². The van der Waals surface area contributed by atoms with Crippen LogP contribution in [0.3, 0.4) is 0 Å². The Morgan fingerprint density at radius 2 is 2.12 bits per heavy atom. The first kappa shape index (κ1) is 23.1. The summed E-state index contributed by atoms with van der Waals surface area (Å²) in [6.45, 7) is -4.62. The molecule has 2 aliphatic heterocycles. The van der Waals surface area contributed by atoms with E-state index in [-0.39, 0.29) is 6.61 Å². The Labute approximate surface area is 183 Å². The van der Waals surface area contributed by atoms with E-state index in [1.54, 1.807) is 24.3 Å². The fourth-order valence-electron chi connectivity index (χ4n) is 3.28. The predicted octanol–water partition coefficient (Wildman–Crippen LogP) is 1.07. The molecule has 15 heteroatoms. The number of rotatable bonds is 5. The van der Waals surface area contributed by atoms with E-state index in [0.717, 1.165) is 0 Å². The second-order valence-electron chi connectivity index (χ2n) is 7.06. The molecule has 32 heavy (non-hydrogen) atoms. The Hall–Kier alpha value is -2.06. The molecular weight excluding hydrogens is 478 g/mol. The molecule has 0 radical (unpaired) electrons. The number of anilines is 1. The fraction of sp³-hybridized carbons (Fsp3) is 0.412. The number of benzene rings is 1. The van der Waals surface area contributed by atoms with E-state index in [2.05, 4.69) is 4.98 Å². The van der Waals surface area contributed by atoms with Crippen molar-refractivity contribution in [2.75, 3.05) is 12.3 Å². The number of hydrogen-bond acceptors (Lipinski definition) is 10. The summed E-state index contributed by atoms with van der Waals surface area (Å²) in [5.74, 6) is -1.53. The van der Waals surface area contributed by atoms with Crippen molar-refractivity contribution in [2.24, 2.45) is 0 Å². The van der Waals surface area contributed by atoms with Gasteiger partial charge in [0.2, 0.25) is 0 Å². The highest BCUT2D eigenvalue weighted by Gasteiger charge is 2.61. The van der Waals surface area contributed by atoms with Gasteiger partial charge in [-0.1, -0.05) is 18.2 Å². The van der Waals surface area contributed by atoms with E-state index in [1.807, 2.05) is 0 Å². The van der Waals surface area contributed by atoms with Crippen molar-refractivity contribution in [1.82, 2.24) is 9.55 Å². The molecule has 1 unspecified atom stereocenters. The average molecular weight is 495 g/mol. The first-order chi connectivity index (χ1) is 15.1. The number of aliphatic hydroxyl groups excluding tert-OH is 2. The molecule has 10 nitrogen and oxygen atoms in total. The number of aliphatic hydroxyl groups is 2. The Kier molecular flexibility index (Phi) is 6.05. The molecule has 4 N–H and O–H groups in total. The third-order valence-electron chi connectivity index (χ3n) is 5.04. The zero-order chi connectivity index (χ0) is 23.3. The van der Waals surface area contributed by atoms with Crippen LogP contribution in [-0.4, -0.2) is 50.6 Å². The summed E-state index contributed by atoms with van der Waals surface area (Å²) in [6, 6.07) is 6.74. The highest BCUT2D eigenvalue weighted by Crippen LogP contribution is 2.56. The molecule has 1 aromatic carbocycles. The lowest BCUT2D eigenvalue weighted by molar-refractivity contribution is -0.193. The van der Waals surface area contributed by atoms with E-state index in [9.17, 15) is 28.2 Å². The van der Waals surface area contributed by atoms with Crippen LogP contribution >= 0.6 is 6.72 Å². The van der Waals surface area contributed by atoms with Crippen LogP contribution in [0.15, 0.2) is 35.3 Å². The van der Waals surface area contributed by atoms with Gasteiger partial charge < -0.3 is 25.2 Å². The number of nitrogen functional groups attached to an aromatic ring is 1. The Morgan fingerprint density at radius 1 is 1.41 bits per heavy atom. The lowest BCUT2D eigenvalue weighted by Gasteiger charge is -2.34. The molecule has 0 spiro atoms. The highest BCUT2D eigenvalue weighted by atomic mass is 32.5. The lowest BCUT2D eigenvalue weighted by Crippen LogP contribution is -2.52. The maximum atomic E-state index is 14.1. The van der Waals surface area contributed by atoms with Crippen LogP contribution in [-0.2, 0) is 32.2 Å². The molecule has 0 saturated carbocycles. The Balaban J connectivity index is 1.59. The van der Waals surface area contributed by atoms with Crippen LogP contribution in [0.4, 0.5) is 19.0 Å². The molecule has 1 fully saturated rings. The number of ether oxygens (including phenoxy) is 1. The van der Waals surface area contributed by atoms with Gasteiger partial charge in [-0.25, -0.2) is 18.0 Å². The summed E-state index contributed by atoms with van der Waals surface area (Å²) in [6.07, 6.45) is -9.12. The maximum Gasteiger partial charge on any atom is 0.381 e. The molecule has 174 valence electrons. The second kappa shape index (κ2) is 8.37. The number of aromatic nitrogens is 2. The van der Waals surface area contributed by atoms with Gasteiger partial charge in [-0.15, -0.1) is 0 Å². The predicted molar refractivity (Wildman–Crippen MR) is 106 cm³/mol. The molecule has 2 aromatic rings. The average Bonchev–Trinajstić information content (AvgIpc) is 3.01. The van der Waals surface area contributed by atoms with Crippen LogP contribution < -0.4 is 15.9 Å². The Morgan fingerprint density at radius 3 is 2.84 bits per heavy atom. The smallest absolute Gasteiger partial charge is 0.381 e. The molecule has 0 bridgehead atoms. The summed E-state index contributed by atoms with van der Waals surface area (Å²) in [4.78, 5) is 15.2. The molecule has 4 rings (SSSR count). The summed E-state index contributed by atoms with van der Waals surface area (Å²) in [5, 5.41) is 20.7. The van der Waals surface area contributed by atoms with Crippen LogP contribution in [0, 0.1) is 5.82 Å². The van der Waals surface area contributed by atoms with E-state index in [0.29, 0.717) is 22.1 Å². The minimum atomic E-state index is -3.57. The molecule has 1 saturated heterocycles. The van der Waals surface area contributed by atoms with Gasteiger partial charge in [0.05, 0.1) is 19.4 Å². The first-order valence-corrected chi connectivity index (χ1v) is 11.6. The fourth-order valence-corrected chi connectivity index (χ4v) is 5.10. The topological polar surface area (TPSA) is 138 Å². The SMILES string of the molecule is Nc1nc(=O)n([C@@H]2O[C@@](COP3(=S)OCc4ccccc4O3)(C(F)F)[C@@H](O)[C@H]2O)cc1F. The summed E-state index contributed by atoms with van der Waals surface area (Å²) >= 11 is 5.21. The highest BCUT2D eigenvalue weighted by molar-refractivity contribution is 8.07. The zero-order valence-electron chi connectivity index (χ0n) is 16.0. The minimum Gasteiger partial charge on any atom is -0.424 e. The standard InChI is InChI=1S/C17H17F3N3O7PS/c18-9-5-23(16(26)22-13(9)21)14-11(24)12(25)17(29-14,15(19)20)7-28-31(32)27-6-8-3-1-2-4-10(8)30-31/h1-5,11-12,14-15,24-25H,6-7H2,(H2,21,22,26)/t11-,12+,14-,17-,31?/m1/s1. The largest absolute Gasteiger partial charge is 0.424 e.